The van der Waals surface area contributed by atoms with Crippen LogP contribution in [0.1, 0.15) is 53.9 Å². The topological polar surface area (TPSA) is 63.4 Å². The second-order valence-electron chi connectivity index (χ2n) is 8.24. The van der Waals surface area contributed by atoms with Gasteiger partial charge in [0, 0.05) is 30.3 Å². The van der Waals surface area contributed by atoms with Crippen molar-refractivity contribution < 1.29 is 9.84 Å². The summed E-state index contributed by atoms with van der Waals surface area (Å²) >= 11 is 0. The molecule has 2 aliphatic rings. The van der Waals surface area contributed by atoms with E-state index < -0.39 is 6.10 Å². The largest absolute Gasteiger partial charge is 0.497 e. The van der Waals surface area contributed by atoms with Crippen LogP contribution in [0.15, 0.2) is 30.5 Å². The van der Waals surface area contributed by atoms with Gasteiger partial charge < -0.3 is 14.4 Å². The molecule has 6 heteroatoms. The molecule has 6 nitrogen and oxygen atoms in total. The van der Waals surface area contributed by atoms with Crippen LogP contribution in [0.5, 0.6) is 5.75 Å². The molecule has 0 aliphatic carbocycles. The van der Waals surface area contributed by atoms with E-state index in [1.165, 1.54) is 37.1 Å². The van der Waals surface area contributed by atoms with Crippen molar-refractivity contribution in [2.24, 2.45) is 0 Å². The summed E-state index contributed by atoms with van der Waals surface area (Å²) in [6.45, 7) is 4.74. The van der Waals surface area contributed by atoms with Gasteiger partial charge in [0.2, 0.25) is 0 Å². The number of aryl methyl sites for hydroxylation is 1. The lowest BCUT2D eigenvalue weighted by Crippen LogP contribution is -2.39. The second-order valence-corrected chi connectivity index (χ2v) is 8.24. The van der Waals surface area contributed by atoms with E-state index in [9.17, 15) is 5.11 Å². The Bertz CT molecular complexity index is 1030. The number of nitrogens with zero attached hydrogens (tertiary/aromatic N) is 4. The average molecular weight is 393 g/mol. The highest BCUT2D eigenvalue weighted by atomic mass is 16.5. The van der Waals surface area contributed by atoms with Crippen LogP contribution in [0.4, 0.5) is 0 Å². The zero-order valence-electron chi connectivity index (χ0n) is 17.1. The molecule has 1 aromatic carbocycles. The monoisotopic (exact) mass is 392 g/mol. The van der Waals surface area contributed by atoms with Gasteiger partial charge in [0.15, 0.2) is 5.65 Å². The van der Waals surface area contributed by atoms with Crippen LogP contribution in [-0.2, 0) is 13.0 Å². The van der Waals surface area contributed by atoms with Crippen molar-refractivity contribution in [1.29, 1.82) is 0 Å². The van der Waals surface area contributed by atoms with Crippen LogP contribution in [0.2, 0.25) is 0 Å². The third-order valence-corrected chi connectivity index (χ3v) is 6.46. The molecule has 0 amide bonds. The summed E-state index contributed by atoms with van der Waals surface area (Å²) in [5.41, 5.74) is 6.42. The van der Waals surface area contributed by atoms with Gasteiger partial charge in [-0.15, -0.1) is 0 Å². The average Bonchev–Trinajstić information content (AvgIpc) is 3.07. The number of aliphatic hydroxyl groups is 1. The van der Waals surface area contributed by atoms with Crippen molar-refractivity contribution in [3.8, 4) is 5.75 Å². The van der Waals surface area contributed by atoms with E-state index in [2.05, 4.69) is 9.47 Å². The van der Waals surface area contributed by atoms with Gasteiger partial charge in [0.05, 0.1) is 31.6 Å². The van der Waals surface area contributed by atoms with Crippen molar-refractivity contribution in [3.05, 3.63) is 53.0 Å². The van der Waals surface area contributed by atoms with Crippen LogP contribution < -0.4 is 4.74 Å². The summed E-state index contributed by atoms with van der Waals surface area (Å²) in [5, 5.41) is 11.0. The normalized spacial score (nSPS) is 20.3. The Morgan fingerprint density at radius 3 is 2.83 bits per heavy atom. The van der Waals surface area contributed by atoms with Crippen LogP contribution in [0.3, 0.4) is 0 Å². The number of piperidine rings is 1. The molecular formula is C23H28N4O2. The van der Waals surface area contributed by atoms with Gasteiger partial charge in [-0.05, 0) is 44.0 Å². The first-order valence-corrected chi connectivity index (χ1v) is 10.6. The highest BCUT2D eigenvalue weighted by Gasteiger charge is 2.35. The summed E-state index contributed by atoms with van der Waals surface area (Å²) in [6.07, 6.45) is 5.95. The number of ether oxygens (including phenoxy) is 1. The maximum atomic E-state index is 11.0. The summed E-state index contributed by atoms with van der Waals surface area (Å²) in [4.78, 5) is 12.3. The van der Waals surface area contributed by atoms with Crippen LogP contribution in [0, 0.1) is 6.92 Å². The molecule has 3 aromatic rings. The maximum Gasteiger partial charge on any atom is 0.159 e. The molecule has 0 bridgehead atoms. The van der Waals surface area contributed by atoms with Crippen LogP contribution in [0.25, 0.3) is 11.2 Å². The molecule has 4 heterocycles. The van der Waals surface area contributed by atoms with Crippen LogP contribution >= 0.6 is 0 Å². The van der Waals surface area contributed by atoms with Gasteiger partial charge in [0.1, 0.15) is 11.3 Å². The van der Waals surface area contributed by atoms with Gasteiger partial charge in [0.25, 0.3) is 0 Å². The number of aliphatic hydroxyl groups excluding tert-OH is 1. The predicted molar refractivity (Wildman–Crippen MR) is 112 cm³/mol. The number of fused-ring (bicyclic) bond motifs is 5. The predicted octanol–water partition coefficient (Wildman–Crippen LogP) is 3.57. The first-order chi connectivity index (χ1) is 14.2. The molecular weight excluding hydrogens is 364 g/mol. The van der Waals surface area contributed by atoms with Gasteiger partial charge in [-0.1, -0.05) is 18.6 Å². The molecule has 2 unspecified atom stereocenters. The molecule has 29 heavy (non-hydrogen) atoms. The summed E-state index contributed by atoms with van der Waals surface area (Å²) in [6, 6.07) is 8.08. The molecule has 0 radical (unpaired) electrons. The lowest BCUT2D eigenvalue weighted by atomic mass is 9.90. The third-order valence-electron chi connectivity index (χ3n) is 6.46. The Morgan fingerprint density at radius 1 is 1.21 bits per heavy atom. The zero-order valence-corrected chi connectivity index (χ0v) is 17.1. The molecule has 1 N–H and O–H groups in total. The number of aromatic nitrogens is 3. The fraction of sp³-hybridized carbons (Fsp3) is 0.478. The number of methoxy groups -OCH3 is 1. The molecule has 0 saturated carbocycles. The Hall–Kier alpha value is -2.44. The first-order valence-electron chi connectivity index (χ1n) is 10.6. The fourth-order valence-corrected chi connectivity index (χ4v) is 5.01. The highest BCUT2D eigenvalue weighted by molar-refractivity contribution is 5.79. The Labute approximate surface area is 171 Å². The Balaban J connectivity index is 1.57. The minimum absolute atomic E-state index is 0.436. The van der Waals surface area contributed by atoms with Gasteiger partial charge in [-0.2, -0.15) is 0 Å². The Morgan fingerprint density at radius 2 is 2.03 bits per heavy atom. The summed E-state index contributed by atoms with van der Waals surface area (Å²) < 4.78 is 7.46. The molecule has 2 aromatic heterocycles. The summed E-state index contributed by atoms with van der Waals surface area (Å²) in [7, 11) is 1.65. The van der Waals surface area contributed by atoms with E-state index in [1.54, 1.807) is 7.11 Å². The van der Waals surface area contributed by atoms with Gasteiger partial charge >= 0.3 is 0 Å². The molecule has 2 atom stereocenters. The number of hydrogen-bond donors (Lipinski definition) is 1. The number of rotatable bonds is 4. The fourth-order valence-electron chi connectivity index (χ4n) is 5.01. The molecule has 2 aliphatic heterocycles. The van der Waals surface area contributed by atoms with Gasteiger partial charge in [-0.25, -0.2) is 9.97 Å². The SMILES string of the molecule is COc1ccc(C(O)Cn2c3c(c4nc(C)cnc42)C2CCCCN2CC3)cc1. The molecule has 1 saturated heterocycles. The van der Waals surface area contributed by atoms with E-state index >= 15 is 0 Å². The quantitative estimate of drug-likeness (QED) is 0.735. The van der Waals surface area contributed by atoms with E-state index in [4.69, 9.17) is 14.7 Å². The van der Waals surface area contributed by atoms with Crippen molar-refractivity contribution in [1.82, 2.24) is 19.4 Å². The zero-order chi connectivity index (χ0) is 20.0. The van der Waals surface area contributed by atoms with E-state index in [-0.39, 0.29) is 0 Å². The lowest BCUT2D eigenvalue weighted by molar-refractivity contribution is 0.133. The highest BCUT2D eigenvalue weighted by Crippen LogP contribution is 2.41. The van der Waals surface area contributed by atoms with E-state index in [0.29, 0.717) is 12.6 Å². The first kappa shape index (κ1) is 18.6. The van der Waals surface area contributed by atoms with Crippen molar-refractivity contribution in [3.63, 3.8) is 0 Å². The molecule has 5 rings (SSSR count). The standard InChI is InChI=1S/C23H28N4O2/c1-15-13-24-23-22(25-15)21-18-5-3-4-11-26(18)12-10-19(21)27(23)14-20(28)16-6-8-17(29-2)9-7-16/h6-9,13,18,20,28H,3-5,10-12,14H2,1-2H3. The minimum atomic E-state index is -0.604. The molecule has 0 spiro atoms. The summed E-state index contributed by atoms with van der Waals surface area (Å²) in [5.74, 6) is 0.795. The lowest BCUT2D eigenvalue weighted by Gasteiger charge is -2.39. The molecule has 1 fully saturated rings. The second kappa shape index (κ2) is 7.43. The van der Waals surface area contributed by atoms with Crippen molar-refractivity contribution in [2.75, 3.05) is 20.2 Å². The number of hydrogen-bond acceptors (Lipinski definition) is 5. The van der Waals surface area contributed by atoms with Crippen molar-refractivity contribution in [2.45, 2.75) is 51.3 Å². The minimum Gasteiger partial charge on any atom is -0.497 e. The molecule has 152 valence electrons. The van der Waals surface area contributed by atoms with E-state index in [1.807, 2.05) is 37.4 Å². The van der Waals surface area contributed by atoms with Crippen molar-refractivity contribution >= 4 is 11.2 Å². The van der Waals surface area contributed by atoms with Crippen LogP contribution in [-0.4, -0.2) is 44.7 Å². The van der Waals surface area contributed by atoms with Gasteiger partial charge in [-0.3, -0.25) is 4.90 Å². The smallest absolute Gasteiger partial charge is 0.159 e. The maximum absolute atomic E-state index is 11.0. The van der Waals surface area contributed by atoms with E-state index in [0.717, 1.165) is 41.1 Å². The Kier molecular flexibility index (Phi) is 4.76. The number of benzene rings is 1. The third kappa shape index (κ3) is 3.20.